The van der Waals surface area contributed by atoms with E-state index < -0.39 is 5.60 Å². The molecule has 2 heterocycles. The van der Waals surface area contributed by atoms with E-state index in [0.29, 0.717) is 17.1 Å². The number of carbonyl (C=O) groups excluding carboxylic acids is 1. The summed E-state index contributed by atoms with van der Waals surface area (Å²) in [5, 5.41) is 14.0. The monoisotopic (exact) mass is 348 g/mol. The molecule has 4 unspecified atom stereocenters. The standard InChI is InChI=1S/C19H25ClN2O2/c1-11-7-13-10-14(8-11)22(13)18(23)21-12-3-4-17(20)15(9-12)16-5-6-19(16,2)24/h3-4,9,11,13-14,16,24H,5-8,10H2,1-2H3,(H,21,23). The molecular weight excluding hydrogens is 324 g/mol. The van der Waals surface area contributed by atoms with E-state index in [1.54, 1.807) is 0 Å². The number of halogens is 1. The van der Waals surface area contributed by atoms with Gasteiger partial charge < -0.3 is 15.3 Å². The van der Waals surface area contributed by atoms with Crippen LogP contribution < -0.4 is 5.32 Å². The predicted molar refractivity (Wildman–Crippen MR) is 95.5 cm³/mol. The van der Waals surface area contributed by atoms with Crippen molar-refractivity contribution >= 4 is 23.3 Å². The highest BCUT2D eigenvalue weighted by atomic mass is 35.5. The van der Waals surface area contributed by atoms with Crippen molar-refractivity contribution in [2.45, 2.75) is 69.6 Å². The number of anilines is 1. The molecule has 4 fully saturated rings. The van der Waals surface area contributed by atoms with E-state index in [0.717, 1.165) is 49.3 Å². The number of amides is 2. The van der Waals surface area contributed by atoms with Crippen molar-refractivity contribution in [3.8, 4) is 0 Å². The number of hydrogen-bond donors (Lipinski definition) is 2. The Morgan fingerprint density at radius 2 is 2.04 bits per heavy atom. The zero-order valence-electron chi connectivity index (χ0n) is 14.3. The third-order valence-corrected chi connectivity index (χ3v) is 6.57. The van der Waals surface area contributed by atoms with Gasteiger partial charge >= 0.3 is 6.03 Å². The van der Waals surface area contributed by atoms with Gasteiger partial charge in [-0.2, -0.15) is 0 Å². The Balaban J connectivity index is 1.48. The summed E-state index contributed by atoms with van der Waals surface area (Å²) in [4.78, 5) is 14.6. The van der Waals surface area contributed by atoms with Crippen LogP contribution in [0.2, 0.25) is 5.02 Å². The minimum absolute atomic E-state index is 0.00297. The zero-order chi connectivity index (χ0) is 17.1. The highest BCUT2D eigenvalue weighted by Gasteiger charge is 2.47. The van der Waals surface area contributed by atoms with Crippen LogP contribution in [0.25, 0.3) is 0 Å². The molecule has 2 saturated carbocycles. The number of nitrogens with zero attached hydrogens (tertiary/aromatic N) is 1. The van der Waals surface area contributed by atoms with Gasteiger partial charge in [-0.1, -0.05) is 18.5 Å². The molecule has 1 aromatic rings. The summed E-state index contributed by atoms with van der Waals surface area (Å²) in [5.74, 6) is 0.770. The highest BCUT2D eigenvalue weighted by Crippen LogP contribution is 2.48. The number of benzene rings is 1. The number of carbonyl (C=O) groups is 1. The van der Waals surface area contributed by atoms with Crippen molar-refractivity contribution in [1.29, 1.82) is 0 Å². The molecular formula is C19H25ClN2O2. The molecule has 2 aliphatic heterocycles. The predicted octanol–water partition coefficient (Wildman–Crippen LogP) is 4.37. The maximum atomic E-state index is 12.6. The first-order valence-corrected chi connectivity index (χ1v) is 9.34. The molecule has 4 nitrogen and oxygen atoms in total. The Morgan fingerprint density at radius 3 is 2.62 bits per heavy atom. The number of nitrogens with one attached hydrogen (secondary N) is 1. The first-order valence-electron chi connectivity index (χ1n) is 8.96. The van der Waals surface area contributed by atoms with Crippen molar-refractivity contribution in [1.82, 2.24) is 4.90 Å². The summed E-state index contributed by atoms with van der Waals surface area (Å²) in [6.45, 7) is 4.12. The topological polar surface area (TPSA) is 52.6 Å². The summed E-state index contributed by atoms with van der Waals surface area (Å²) in [5.41, 5.74) is 1.000. The summed E-state index contributed by atoms with van der Waals surface area (Å²) in [6, 6.07) is 6.39. The van der Waals surface area contributed by atoms with E-state index in [2.05, 4.69) is 12.2 Å². The lowest BCUT2D eigenvalue weighted by molar-refractivity contribution is -0.0405. The highest BCUT2D eigenvalue weighted by molar-refractivity contribution is 6.31. The van der Waals surface area contributed by atoms with Gasteiger partial charge in [0.15, 0.2) is 0 Å². The van der Waals surface area contributed by atoms with E-state index in [1.807, 2.05) is 30.0 Å². The molecule has 5 rings (SSSR count). The number of urea groups is 1. The number of hydrogen-bond acceptors (Lipinski definition) is 2. The molecule has 2 amide bonds. The summed E-state index contributed by atoms with van der Waals surface area (Å²) >= 11 is 6.33. The number of aliphatic hydroxyl groups is 1. The fourth-order valence-electron chi connectivity index (χ4n) is 4.75. The van der Waals surface area contributed by atoms with E-state index >= 15 is 0 Å². The molecule has 24 heavy (non-hydrogen) atoms. The average molecular weight is 349 g/mol. The van der Waals surface area contributed by atoms with Gasteiger partial charge in [0.2, 0.25) is 0 Å². The molecule has 5 heteroatoms. The fourth-order valence-corrected chi connectivity index (χ4v) is 5.00. The van der Waals surface area contributed by atoms with Crippen LogP contribution in [-0.2, 0) is 0 Å². The number of piperidine rings is 1. The van der Waals surface area contributed by atoms with Crippen molar-refractivity contribution in [2.24, 2.45) is 5.92 Å². The smallest absolute Gasteiger partial charge is 0.322 e. The Kier molecular flexibility index (Phi) is 3.81. The molecule has 0 aromatic heterocycles. The van der Waals surface area contributed by atoms with Gasteiger partial charge in [-0.05, 0) is 68.7 Å². The van der Waals surface area contributed by atoms with Gasteiger partial charge in [0.1, 0.15) is 0 Å². The van der Waals surface area contributed by atoms with Crippen molar-refractivity contribution in [3.63, 3.8) is 0 Å². The first-order chi connectivity index (χ1) is 11.3. The van der Waals surface area contributed by atoms with Gasteiger partial charge in [0.25, 0.3) is 0 Å². The lowest BCUT2D eigenvalue weighted by atomic mass is 9.67. The number of fused-ring (bicyclic) bond motifs is 2. The molecule has 2 aliphatic carbocycles. The van der Waals surface area contributed by atoms with E-state index in [4.69, 9.17) is 11.6 Å². The van der Waals surface area contributed by atoms with Crippen LogP contribution in [0.5, 0.6) is 0 Å². The Bertz CT molecular complexity index is 663. The first kappa shape index (κ1) is 16.2. The van der Waals surface area contributed by atoms with Crippen LogP contribution in [0.3, 0.4) is 0 Å². The van der Waals surface area contributed by atoms with Gasteiger partial charge in [-0.15, -0.1) is 0 Å². The fraction of sp³-hybridized carbons (Fsp3) is 0.632. The minimum Gasteiger partial charge on any atom is -0.390 e. The quantitative estimate of drug-likeness (QED) is 0.833. The Hall–Kier alpha value is -1.26. The van der Waals surface area contributed by atoms with Gasteiger partial charge in [-0.3, -0.25) is 0 Å². The molecule has 4 atom stereocenters. The van der Waals surface area contributed by atoms with Crippen LogP contribution >= 0.6 is 11.6 Å². The second-order valence-corrected chi connectivity index (χ2v) is 8.55. The second-order valence-electron chi connectivity index (χ2n) is 8.14. The third-order valence-electron chi connectivity index (χ3n) is 6.23. The maximum absolute atomic E-state index is 12.6. The molecule has 2 N–H and O–H groups in total. The lowest BCUT2D eigenvalue weighted by Crippen LogP contribution is -2.63. The third kappa shape index (κ3) is 2.60. The lowest BCUT2D eigenvalue weighted by Gasteiger charge is -2.54. The zero-order valence-corrected chi connectivity index (χ0v) is 15.0. The molecule has 2 bridgehead atoms. The normalized spacial score (nSPS) is 37.4. The molecule has 130 valence electrons. The van der Waals surface area contributed by atoms with Crippen LogP contribution in [-0.4, -0.2) is 33.7 Å². The Morgan fingerprint density at radius 1 is 1.33 bits per heavy atom. The number of rotatable bonds is 2. The van der Waals surface area contributed by atoms with Crippen LogP contribution in [0.15, 0.2) is 18.2 Å². The maximum Gasteiger partial charge on any atom is 0.322 e. The average Bonchev–Trinajstić information content (AvgIpc) is 2.49. The van der Waals surface area contributed by atoms with Crippen LogP contribution in [0, 0.1) is 5.92 Å². The van der Waals surface area contributed by atoms with Gasteiger partial charge in [0, 0.05) is 28.7 Å². The molecule has 0 spiro atoms. The molecule has 1 aromatic carbocycles. The SMILES string of the molecule is CC1CC2CC(C1)N2C(=O)Nc1ccc(Cl)c(C2CCC2(C)O)c1. The van der Waals surface area contributed by atoms with Crippen molar-refractivity contribution in [2.75, 3.05) is 5.32 Å². The summed E-state index contributed by atoms with van der Waals surface area (Å²) in [7, 11) is 0. The second kappa shape index (κ2) is 5.63. The summed E-state index contributed by atoms with van der Waals surface area (Å²) in [6.07, 6.45) is 5.09. The molecule has 0 radical (unpaired) electrons. The van der Waals surface area contributed by atoms with Crippen molar-refractivity contribution in [3.05, 3.63) is 28.8 Å². The van der Waals surface area contributed by atoms with Gasteiger partial charge in [0.05, 0.1) is 5.60 Å². The van der Waals surface area contributed by atoms with E-state index in [-0.39, 0.29) is 11.9 Å². The van der Waals surface area contributed by atoms with E-state index in [9.17, 15) is 9.90 Å². The molecule has 2 saturated heterocycles. The van der Waals surface area contributed by atoms with Crippen LogP contribution in [0.4, 0.5) is 10.5 Å². The molecule has 4 aliphatic rings. The Labute approximate surface area is 148 Å². The largest absolute Gasteiger partial charge is 0.390 e. The van der Waals surface area contributed by atoms with Gasteiger partial charge in [-0.25, -0.2) is 4.79 Å². The summed E-state index contributed by atoms with van der Waals surface area (Å²) < 4.78 is 0. The van der Waals surface area contributed by atoms with Crippen LogP contribution in [0.1, 0.15) is 57.4 Å². The van der Waals surface area contributed by atoms with Crippen molar-refractivity contribution < 1.29 is 9.90 Å². The van der Waals surface area contributed by atoms with E-state index in [1.165, 1.54) is 0 Å². The minimum atomic E-state index is -0.698.